The Labute approximate surface area is 123 Å². The summed E-state index contributed by atoms with van der Waals surface area (Å²) in [5.41, 5.74) is 3.56. The van der Waals surface area contributed by atoms with Crippen molar-refractivity contribution in [1.82, 2.24) is 9.97 Å². The third-order valence-corrected chi connectivity index (χ3v) is 4.16. The summed E-state index contributed by atoms with van der Waals surface area (Å²) < 4.78 is 0. The molecule has 0 amide bonds. The fourth-order valence-corrected chi connectivity index (χ4v) is 3.04. The molecule has 2 aromatic heterocycles. The predicted molar refractivity (Wildman–Crippen MR) is 84.8 cm³/mol. The average Bonchev–Trinajstić information content (AvgIpc) is 2.92. The van der Waals surface area contributed by atoms with E-state index in [1.165, 1.54) is 4.88 Å². The zero-order valence-corrected chi connectivity index (χ0v) is 13.1. The van der Waals surface area contributed by atoms with E-state index in [-0.39, 0.29) is 6.04 Å². The Morgan fingerprint density at radius 1 is 1.20 bits per heavy atom. The Kier molecular flexibility index (Phi) is 4.57. The van der Waals surface area contributed by atoms with Gasteiger partial charge in [-0.15, -0.1) is 11.3 Å². The van der Waals surface area contributed by atoms with Crippen LogP contribution in [0.2, 0.25) is 0 Å². The van der Waals surface area contributed by atoms with E-state index in [0.29, 0.717) is 17.6 Å². The van der Waals surface area contributed by atoms with E-state index in [9.17, 15) is 0 Å². The molecule has 0 aliphatic rings. The zero-order chi connectivity index (χ0) is 14.7. The third-order valence-electron chi connectivity index (χ3n) is 3.20. The normalized spacial score (nSPS) is 12.5. The Bertz CT molecular complexity index is 565. The van der Waals surface area contributed by atoms with Gasteiger partial charge in [-0.3, -0.25) is 0 Å². The van der Waals surface area contributed by atoms with E-state index in [4.69, 9.17) is 5.84 Å². The molecule has 0 saturated heterocycles. The summed E-state index contributed by atoms with van der Waals surface area (Å²) in [6, 6.07) is 4.45. The van der Waals surface area contributed by atoms with Gasteiger partial charge in [0.2, 0.25) is 0 Å². The number of anilines is 2. The minimum absolute atomic E-state index is 0.230. The first-order valence-corrected chi connectivity index (χ1v) is 7.52. The van der Waals surface area contributed by atoms with Gasteiger partial charge in [-0.05, 0) is 31.2 Å². The number of thiophene rings is 1. The number of hydrazine groups is 1. The molecular formula is C14H21N5S. The van der Waals surface area contributed by atoms with Crippen LogP contribution in [-0.2, 0) is 0 Å². The van der Waals surface area contributed by atoms with E-state index in [2.05, 4.69) is 52.1 Å². The maximum absolute atomic E-state index is 5.51. The highest BCUT2D eigenvalue weighted by molar-refractivity contribution is 7.10. The predicted octanol–water partition coefficient (Wildman–Crippen LogP) is 3.25. The lowest BCUT2D eigenvalue weighted by Gasteiger charge is -2.23. The van der Waals surface area contributed by atoms with E-state index in [1.807, 2.05) is 13.8 Å². The number of aromatic nitrogens is 2. The van der Waals surface area contributed by atoms with Gasteiger partial charge in [-0.1, -0.05) is 19.9 Å². The Hall–Kier alpha value is -1.66. The van der Waals surface area contributed by atoms with Crippen LogP contribution >= 0.6 is 11.3 Å². The van der Waals surface area contributed by atoms with Crippen LogP contribution in [0.15, 0.2) is 17.5 Å². The highest BCUT2D eigenvalue weighted by Gasteiger charge is 2.19. The molecule has 108 valence electrons. The first kappa shape index (κ1) is 14.7. The van der Waals surface area contributed by atoms with Gasteiger partial charge in [0.25, 0.3) is 0 Å². The van der Waals surface area contributed by atoms with Crippen LogP contribution in [0.3, 0.4) is 0 Å². The highest BCUT2D eigenvalue weighted by Crippen LogP contribution is 2.31. The third kappa shape index (κ3) is 3.08. The number of rotatable bonds is 5. The van der Waals surface area contributed by atoms with Gasteiger partial charge in [0.15, 0.2) is 0 Å². The molecule has 0 aliphatic carbocycles. The molecule has 1 atom stereocenters. The van der Waals surface area contributed by atoms with Crippen LogP contribution in [-0.4, -0.2) is 9.97 Å². The first-order chi connectivity index (χ1) is 9.52. The summed E-state index contributed by atoms with van der Waals surface area (Å²) in [4.78, 5) is 10.1. The Balaban J connectivity index is 2.34. The fourth-order valence-electron chi connectivity index (χ4n) is 2.09. The summed E-state index contributed by atoms with van der Waals surface area (Å²) in [6.07, 6.45) is 0. The van der Waals surface area contributed by atoms with Gasteiger partial charge in [-0.25, -0.2) is 15.8 Å². The van der Waals surface area contributed by atoms with Crippen LogP contribution in [0.25, 0.3) is 0 Å². The van der Waals surface area contributed by atoms with E-state index in [0.717, 1.165) is 11.4 Å². The van der Waals surface area contributed by atoms with Crippen molar-refractivity contribution >= 4 is 23.0 Å². The Morgan fingerprint density at radius 2 is 1.90 bits per heavy atom. The van der Waals surface area contributed by atoms with Crippen molar-refractivity contribution in [2.75, 3.05) is 10.7 Å². The van der Waals surface area contributed by atoms with Gasteiger partial charge >= 0.3 is 0 Å². The fraction of sp³-hybridized carbons (Fsp3) is 0.429. The van der Waals surface area contributed by atoms with Crippen molar-refractivity contribution in [3.63, 3.8) is 0 Å². The number of nitrogen functional groups attached to an aromatic ring is 1. The molecule has 0 bridgehead atoms. The van der Waals surface area contributed by atoms with Crippen LogP contribution in [0.4, 0.5) is 11.6 Å². The highest BCUT2D eigenvalue weighted by atomic mass is 32.1. The molecular weight excluding hydrogens is 270 g/mol. The maximum atomic E-state index is 5.51. The lowest BCUT2D eigenvalue weighted by atomic mass is 10.0. The van der Waals surface area contributed by atoms with Crippen molar-refractivity contribution in [3.8, 4) is 0 Å². The van der Waals surface area contributed by atoms with Gasteiger partial charge in [0.05, 0.1) is 6.04 Å². The molecule has 2 aromatic rings. The summed E-state index contributed by atoms with van der Waals surface area (Å²) in [5, 5.41) is 5.62. The van der Waals surface area contributed by atoms with Crippen LogP contribution in [0.1, 0.15) is 36.2 Å². The molecule has 2 heterocycles. The second kappa shape index (κ2) is 6.19. The number of hydrogen-bond donors (Lipinski definition) is 3. The molecule has 0 aromatic carbocycles. The SMILES string of the molecule is Cc1nc(NN)c(C)c(NC(c2cccs2)C(C)C)n1. The van der Waals surface area contributed by atoms with E-state index < -0.39 is 0 Å². The molecule has 1 unspecified atom stereocenters. The van der Waals surface area contributed by atoms with Crippen molar-refractivity contribution in [1.29, 1.82) is 0 Å². The molecule has 0 aliphatic heterocycles. The number of hydrogen-bond acceptors (Lipinski definition) is 6. The monoisotopic (exact) mass is 291 g/mol. The first-order valence-electron chi connectivity index (χ1n) is 6.64. The lowest BCUT2D eigenvalue weighted by molar-refractivity contribution is 0.551. The minimum Gasteiger partial charge on any atom is -0.362 e. The molecule has 2 rings (SSSR count). The van der Waals surface area contributed by atoms with Gasteiger partial charge in [0, 0.05) is 10.4 Å². The lowest BCUT2D eigenvalue weighted by Crippen LogP contribution is -2.19. The number of nitrogens with two attached hydrogens (primary N) is 1. The second-order valence-corrected chi connectivity index (χ2v) is 6.10. The molecule has 20 heavy (non-hydrogen) atoms. The minimum atomic E-state index is 0.230. The molecule has 0 saturated carbocycles. The van der Waals surface area contributed by atoms with Crippen molar-refractivity contribution in [2.24, 2.45) is 11.8 Å². The number of nitrogens with zero attached hydrogens (tertiary/aromatic N) is 2. The second-order valence-electron chi connectivity index (χ2n) is 5.12. The molecule has 0 fully saturated rings. The summed E-state index contributed by atoms with van der Waals surface area (Å²) >= 11 is 1.75. The van der Waals surface area contributed by atoms with Crippen LogP contribution < -0.4 is 16.6 Å². The molecule has 0 spiro atoms. The largest absolute Gasteiger partial charge is 0.362 e. The average molecular weight is 291 g/mol. The Morgan fingerprint density at radius 3 is 2.45 bits per heavy atom. The van der Waals surface area contributed by atoms with Crippen molar-refractivity contribution in [2.45, 2.75) is 33.7 Å². The summed E-state index contributed by atoms with van der Waals surface area (Å²) in [5.74, 6) is 8.15. The number of aryl methyl sites for hydroxylation is 1. The molecule has 6 heteroatoms. The van der Waals surface area contributed by atoms with E-state index in [1.54, 1.807) is 11.3 Å². The van der Waals surface area contributed by atoms with Gasteiger partial charge in [0.1, 0.15) is 17.5 Å². The number of nitrogens with one attached hydrogen (secondary N) is 2. The van der Waals surface area contributed by atoms with Crippen molar-refractivity contribution in [3.05, 3.63) is 33.8 Å². The topological polar surface area (TPSA) is 75.9 Å². The molecule has 0 radical (unpaired) electrons. The van der Waals surface area contributed by atoms with Gasteiger partial charge in [-0.2, -0.15) is 0 Å². The van der Waals surface area contributed by atoms with Crippen LogP contribution in [0.5, 0.6) is 0 Å². The molecule has 5 nitrogen and oxygen atoms in total. The summed E-state index contributed by atoms with van der Waals surface area (Å²) in [7, 11) is 0. The standard InChI is InChI=1S/C14H21N5S/c1-8(2)12(11-6-5-7-20-11)18-13-9(3)14(19-15)17-10(4)16-13/h5-8,12H,15H2,1-4H3,(H2,16,17,18,19). The van der Waals surface area contributed by atoms with Crippen LogP contribution in [0, 0.1) is 19.8 Å². The maximum Gasteiger partial charge on any atom is 0.148 e. The zero-order valence-electron chi connectivity index (χ0n) is 12.3. The molecule has 4 N–H and O–H groups in total. The quantitative estimate of drug-likeness (QED) is 0.582. The van der Waals surface area contributed by atoms with Crippen molar-refractivity contribution < 1.29 is 0 Å². The smallest absolute Gasteiger partial charge is 0.148 e. The summed E-state index contributed by atoms with van der Waals surface area (Å²) in [6.45, 7) is 8.22. The van der Waals surface area contributed by atoms with Gasteiger partial charge < -0.3 is 10.7 Å². The van der Waals surface area contributed by atoms with E-state index >= 15 is 0 Å².